The van der Waals surface area contributed by atoms with Crippen LogP contribution < -0.4 is 15.4 Å². The molecule has 0 aliphatic heterocycles. The first-order valence-corrected chi connectivity index (χ1v) is 8.80. The Morgan fingerprint density at radius 1 is 1.20 bits per heavy atom. The van der Waals surface area contributed by atoms with Gasteiger partial charge in [0.15, 0.2) is 5.11 Å². The van der Waals surface area contributed by atoms with Crippen LogP contribution in [0.3, 0.4) is 0 Å². The van der Waals surface area contributed by atoms with Gasteiger partial charge in [0.1, 0.15) is 12.4 Å². The zero-order valence-corrected chi connectivity index (χ0v) is 16.4. The lowest BCUT2D eigenvalue weighted by molar-refractivity contribution is 0.0970. The molecule has 25 heavy (non-hydrogen) atoms. The molecule has 0 atom stereocenters. The Kier molecular flexibility index (Phi) is 7.36. The number of anilines is 1. The van der Waals surface area contributed by atoms with Crippen molar-refractivity contribution in [2.24, 2.45) is 0 Å². The van der Waals surface area contributed by atoms with Crippen molar-refractivity contribution in [2.45, 2.75) is 6.92 Å². The number of carbonyl (C=O) groups is 1. The second-order valence-electron chi connectivity index (χ2n) is 5.23. The molecule has 132 valence electrons. The minimum Gasteiger partial charge on any atom is -0.490 e. The highest BCUT2D eigenvalue weighted by Crippen LogP contribution is 2.23. The summed E-state index contributed by atoms with van der Waals surface area (Å²) in [5.41, 5.74) is 2.31. The Balaban J connectivity index is 2.02. The Hall–Kier alpha value is -1.96. The highest BCUT2D eigenvalue weighted by molar-refractivity contribution is 9.10. The molecule has 2 aromatic carbocycles. The minimum absolute atomic E-state index is 0.209. The number of rotatable bonds is 6. The fraction of sp³-hybridized carbons (Fsp3) is 0.222. The van der Waals surface area contributed by atoms with Gasteiger partial charge in [-0.25, -0.2) is 0 Å². The number of halogens is 1. The molecule has 2 rings (SSSR count). The number of hydrogen-bond acceptors (Lipinski definition) is 4. The molecule has 0 bridgehead atoms. The van der Waals surface area contributed by atoms with Gasteiger partial charge < -0.3 is 14.8 Å². The number of para-hydroxylation sites is 1. The van der Waals surface area contributed by atoms with Crippen LogP contribution in [0.15, 0.2) is 46.9 Å². The fourth-order valence-electron chi connectivity index (χ4n) is 2.06. The zero-order chi connectivity index (χ0) is 18.2. The first kappa shape index (κ1) is 19.4. The van der Waals surface area contributed by atoms with E-state index in [9.17, 15) is 4.79 Å². The van der Waals surface area contributed by atoms with Crippen LogP contribution in [0.5, 0.6) is 5.75 Å². The number of carbonyl (C=O) groups excluding carboxylic acids is 1. The SMILES string of the molecule is COCCOc1ccccc1C(=O)NC(=S)Nc1ccc(C)cc1Br. The average molecular weight is 423 g/mol. The normalized spacial score (nSPS) is 10.2. The van der Waals surface area contributed by atoms with E-state index in [0.29, 0.717) is 24.5 Å². The third kappa shape index (κ3) is 5.81. The summed E-state index contributed by atoms with van der Waals surface area (Å²) < 4.78 is 11.4. The molecule has 0 radical (unpaired) electrons. The predicted molar refractivity (Wildman–Crippen MR) is 106 cm³/mol. The molecule has 0 saturated carbocycles. The van der Waals surface area contributed by atoms with Crippen molar-refractivity contribution in [3.63, 3.8) is 0 Å². The van der Waals surface area contributed by atoms with Crippen molar-refractivity contribution < 1.29 is 14.3 Å². The molecule has 0 saturated heterocycles. The van der Waals surface area contributed by atoms with Crippen molar-refractivity contribution in [1.29, 1.82) is 0 Å². The maximum atomic E-state index is 12.5. The highest BCUT2D eigenvalue weighted by Gasteiger charge is 2.14. The maximum absolute atomic E-state index is 12.5. The van der Waals surface area contributed by atoms with Gasteiger partial charge in [-0.05, 0) is 64.9 Å². The molecular formula is C18H19BrN2O3S. The molecule has 0 aliphatic carbocycles. The summed E-state index contributed by atoms with van der Waals surface area (Å²) in [6, 6.07) is 12.8. The third-order valence-electron chi connectivity index (χ3n) is 3.28. The molecular weight excluding hydrogens is 404 g/mol. The van der Waals surface area contributed by atoms with E-state index in [4.69, 9.17) is 21.7 Å². The van der Waals surface area contributed by atoms with Gasteiger partial charge in [0.05, 0.1) is 17.9 Å². The first-order chi connectivity index (χ1) is 12.0. The van der Waals surface area contributed by atoms with Crippen molar-refractivity contribution in [2.75, 3.05) is 25.6 Å². The van der Waals surface area contributed by atoms with E-state index in [-0.39, 0.29) is 11.0 Å². The number of amides is 1. The van der Waals surface area contributed by atoms with Crippen LogP contribution >= 0.6 is 28.1 Å². The fourth-order valence-corrected chi connectivity index (χ4v) is 2.86. The molecule has 0 spiro atoms. The van der Waals surface area contributed by atoms with E-state index in [1.807, 2.05) is 25.1 Å². The highest BCUT2D eigenvalue weighted by atomic mass is 79.9. The number of thiocarbonyl (C=S) groups is 1. The zero-order valence-electron chi connectivity index (χ0n) is 14.0. The van der Waals surface area contributed by atoms with Crippen LogP contribution in [-0.4, -0.2) is 31.3 Å². The van der Waals surface area contributed by atoms with Crippen molar-refractivity contribution >= 4 is 44.9 Å². The van der Waals surface area contributed by atoms with Gasteiger partial charge in [0.25, 0.3) is 5.91 Å². The molecule has 0 aromatic heterocycles. The summed E-state index contributed by atoms with van der Waals surface area (Å²) in [6.45, 7) is 2.80. The Bertz CT molecular complexity index is 768. The molecule has 2 N–H and O–H groups in total. The topological polar surface area (TPSA) is 59.6 Å². The van der Waals surface area contributed by atoms with E-state index in [2.05, 4.69) is 26.6 Å². The van der Waals surface area contributed by atoms with Gasteiger partial charge in [-0.3, -0.25) is 10.1 Å². The third-order valence-corrected chi connectivity index (χ3v) is 4.14. The van der Waals surface area contributed by atoms with Crippen LogP contribution in [0, 0.1) is 6.92 Å². The van der Waals surface area contributed by atoms with Crippen molar-refractivity contribution in [3.05, 3.63) is 58.1 Å². The van der Waals surface area contributed by atoms with Gasteiger partial charge >= 0.3 is 0 Å². The second-order valence-corrected chi connectivity index (χ2v) is 6.49. The molecule has 0 heterocycles. The summed E-state index contributed by atoms with van der Waals surface area (Å²) in [6.07, 6.45) is 0. The van der Waals surface area contributed by atoms with E-state index in [1.54, 1.807) is 31.4 Å². The quantitative estimate of drug-likeness (QED) is 0.545. The van der Waals surface area contributed by atoms with Crippen molar-refractivity contribution in [1.82, 2.24) is 5.32 Å². The molecule has 5 nitrogen and oxygen atoms in total. The number of benzene rings is 2. The summed E-state index contributed by atoms with van der Waals surface area (Å²) in [5, 5.41) is 5.88. The smallest absolute Gasteiger partial charge is 0.261 e. The molecule has 0 aliphatic rings. The summed E-state index contributed by atoms with van der Waals surface area (Å²) in [5.74, 6) is 0.144. The first-order valence-electron chi connectivity index (χ1n) is 7.60. The maximum Gasteiger partial charge on any atom is 0.261 e. The van der Waals surface area contributed by atoms with Crippen LogP contribution in [0.2, 0.25) is 0 Å². The molecule has 1 amide bonds. The number of aryl methyl sites for hydroxylation is 1. The van der Waals surface area contributed by atoms with Crippen LogP contribution in [0.4, 0.5) is 5.69 Å². The van der Waals surface area contributed by atoms with E-state index in [0.717, 1.165) is 15.7 Å². The summed E-state index contributed by atoms with van der Waals surface area (Å²) in [4.78, 5) is 12.5. The van der Waals surface area contributed by atoms with Crippen LogP contribution in [0.1, 0.15) is 15.9 Å². The van der Waals surface area contributed by atoms with Crippen LogP contribution in [0.25, 0.3) is 0 Å². The molecule has 2 aromatic rings. The monoisotopic (exact) mass is 422 g/mol. The molecule has 0 unspecified atom stereocenters. The lowest BCUT2D eigenvalue weighted by atomic mass is 10.2. The standard InChI is InChI=1S/C18H19BrN2O3S/c1-12-7-8-15(14(19)11-12)20-18(25)21-17(22)13-5-3-4-6-16(13)24-10-9-23-2/h3-8,11H,9-10H2,1-2H3,(H2,20,21,22,25). The van der Waals surface area contributed by atoms with E-state index >= 15 is 0 Å². The predicted octanol–water partition coefficient (Wildman–Crippen LogP) is 3.91. The van der Waals surface area contributed by atoms with Gasteiger partial charge in [0.2, 0.25) is 0 Å². The number of hydrogen-bond donors (Lipinski definition) is 2. The number of methoxy groups -OCH3 is 1. The van der Waals surface area contributed by atoms with Gasteiger partial charge in [0, 0.05) is 11.6 Å². The lowest BCUT2D eigenvalue weighted by Crippen LogP contribution is -2.34. The minimum atomic E-state index is -0.339. The number of nitrogens with one attached hydrogen (secondary N) is 2. The average Bonchev–Trinajstić information content (AvgIpc) is 2.58. The Labute approximate surface area is 160 Å². The van der Waals surface area contributed by atoms with Gasteiger partial charge in [-0.2, -0.15) is 0 Å². The summed E-state index contributed by atoms with van der Waals surface area (Å²) >= 11 is 8.70. The largest absolute Gasteiger partial charge is 0.490 e. The van der Waals surface area contributed by atoms with Gasteiger partial charge in [-0.15, -0.1) is 0 Å². The van der Waals surface area contributed by atoms with Crippen LogP contribution in [-0.2, 0) is 4.74 Å². The Morgan fingerprint density at radius 2 is 1.96 bits per heavy atom. The van der Waals surface area contributed by atoms with Crippen molar-refractivity contribution in [3.8, 4) is 5.75 Å². The summed E-state index contributed by atoms with van der Waals surface area (Å²) in [7, 11) is 1.59. The van der Waals surface area contributed by atoms with E-state index < -0.39 is 0 Å². The lowest BCUT2D eigenvalue weighted by Gasteiger charge is -2.13. The molecule has 7 heteroatoms. The second kappa shape index (κ2) is 9.50. The number of ether oxygens (including phenoxy) is 2. The Morgan fingerprint density at radius 3 is 2.68 bits per heavy atom. The van der Waals surface area contributed by atoms with Gasteiger partial charge in [-0.1, -0.05) is 18.2 Å². The van der Waals surface area contributed by atoms with E-state index in [1.165, 1.54) is 0 Å². The molecule has 0 fully saturated rings.